The minimum atomic E-state index is -0.00718. The highest BCUT2D eigenvalue weighted by atomic mass is 16.5. The zero-order chi connectivity index (χ0) is 12.0. The number of amides is 1. The van der Waals surface area contributed by atoms with E-state index >= 15 is 0 Å². The van der Waals surface area contributed by atoms with E-state index in [9.17, 15) is 4.79 Å². The third kappa shape index (κ3) is 1.52. The van der Waals surface area contributed by atoms with Crippen molar-refractivity contribution in [2.24, 2.45) is 5.73 Å². The first kappa shape index (κ1) is 10.6. The summed E-state index contributed by atoms with van der Waals surface area (Å²) in [6.45, 7) is 0.801. The highest BCUT2D eigenvalue weighted by Gasteiger charge is 2.43. The van der Waals surface area contributed by atoms with Gasteiger partial charge in [0.25, 0.3) is 5.91 Å². The molecule has 0 radical (unpaired) electrons. The van der Waals surface area contributed by atoms with E-state index < -0.39 is 0 Å². The normalized spacial score (nSPS) is 20.8. The van der Waals surface area contributed by atoms with Crippen molar-refractivity contribution in [3.8, 4) is 5.75 Å². The molecule has 0 saturated heterocycles. The molecule has 1 aliphatic heterocycles. The van der Waals surface area contributed by atoms with Gasteiger partial charge in [0.05, 0.1) is 5.69 Å². The van der Waals surface area contributed by atoms with Gasteiger partial charge in [-0.2, -0.15) is 0 Å². The minimum absolute atomic E-state index is 0.00718. The van der Waals surface area contributed by atoms with Crippen molar-refractivity contribution in [1.29, 1.82) is 0 Å². The molecule has 4 nitrogen and oxygen atoms in total. The van der Waals surface area contributed by atoms with Crippen molar-refractivity contribution in [3.63, 3.8) is 0 Å². The lowest BCUT2D eigenvalue weighted by Gasteiger charge is -2.27. The molecule has 1 aliphatic carbocycles. The first-order valence-electron chi connectivity index (χ1n) is 5.90. The van der Waals surface area contributed by atoms with Gasteiger partial charge in [0, 0.05) is 19.0 Å². The molecule has 0 bridgehead atoms. The lowest BCUT2D eigenvalue weighted by atomic mass is 9.95. The Morgan fingerprint density at radius 1 is 1.47 bits per heavy atom. The summed E-state index contributed by atoms with van der Waals surface area (Å²) in [6.07, 6.45) is 2.28. The molecular formula is C13H16N2O2. The van der Waals surface area contributed by atoms with Crippen LogP contribution >= 0.6 is 0 Å². The first-order valence-corrected chi connectivity index (χ1v) is 5.90. The molecule has 1 saturated carbocycles. The van der Waals surface area contributed by atoms with Crippen molar-refractivity contribution in [1.82, 2.24) is 0 Å². The van der Waals surface area contributed by atoms with E-state index in [1.54, 1.807) is 11.9 Å². The zero-order valence-electron chi connectivity index (χ0n) is 9.90. The molecule has 3 rings (SSSR count). The average molecular weight is 232 g/mol. The Hall–Kier alpha value is -1.55. The number of hydrogen-bond acceptors (Lipinski definition) is 3. The van der Waals surface area contributed by atoms with E-state index in [1.165, 1.54) is 5.56 Å². The Morgan fingerprint density at radius 2 is 2.24 bits per heavy atom. The number of rotatable bonds is 2. The lowest BCUT2D eigenvalue weighted by molar-refractivity contribution is -0.120. The summed E-state index contributed by atoms with van der Waals surface area (Å²) in [4.78, 5) is 13.2. The maximum absolute atomic E-state index is 11.6. The SMILES string of the molecule is CN1C(=O)COc2ccc(C3(CN)CC3)cc21. The van der Waals surface area contributed by atoms with Gasteiger partial charge < -0.3 is 15.4 Å². The molecule has 1 amide bonds. The number of ether oxygens (including phenoxy) is 1. The summed E-state index contributed by atoms with van der Waals surface area (Å²) in [5, 5.41) is 0. The maximum atomic E-state index is 11.6. The number of fused-ring (bicyclic) bond motifs is 1. The molecule has 0 unspecified atom stereocenters. The monoisotopic (exact) mass is 232 g/mol. The largest absolute Gasteiger partial charge is 0.482 e. The van der Waals surface area contributed by atoms with Gasteiger partial charge in [-0.3, -0.25) is 4.79 Å². The van der Waals surface area contributed by atoms with Crippen LogP contribution in [0, 0.1) is 0 Å². The number of likely N-dealkylation sites (N-methyl/N-ethyl adjacent to an activating group) is 1. The Labute approximate surface area is 100 Å². The molecule has 0 aromatic heterocycles. The standard InChI is InChI=1S/C13H16N2O2/c1-15-10-6-9(13(8-14)4-5-13)2-3-11(10)17-7-12(15)16/h2-3,6H,4-5,7-8,14H2,1H3. The molecular weight excluding hydrogens is 216 g/mol. The van der Waals surface area contributed by atoms with Crippen LogP contribution in [0.4, 0.5) is 5.69 Å². The maximum Gasteiger partial charge on any atom is 0.264 e. The molecule has 0 spiro atoms. The Morgan fingerprint density at radius 3 is 2.88 bits per heavy atom. The van der Waals surface area contributed by atoms with Crippen LogP contribution in [0.15, 0.2) is 18.2 Å². The number of anilines is 1. The fraction of sp³-hybridized carbons (Fsp3) is 0.462. The van der Waals surface area contributed by atoms with Crippen molar-refractivity contribution in [2.75, 3.05) is 25.1 Å². The van der Waals surface area contributed by atoms with E-state index in [1.807, 2.05) is 12.1 Å². The summed E-state index contributed by atoms with van der Waals surface area (Å²) in [5.41, 5.74) is 8.06. The quantitative estimate of drug-likeness (QED) is 0.828. The molecule has 1 aromatic carbocycles. The summed E-state index contributed by atoms with van der Waals surface area (Å²) >= 11 is 0. The number of nitrogens with zero attached hydrogens (tertiary/aromatic N) is 1. The summed E-state index contributed by atoms with van der Waals surface area (Å²) in [7, 11) is 1.79. The van der Waals surface area contributed by atoms with Crippen molar-refractivity contribution in [2.45, 2.75) is 18.3 Å². The molecule has 90 valence electrons. The van der Waals surface area contributed by atoms with Gasteiger partial charge in [-0.25, -0.2) is 0 Å². The third-order valence-electron chi connectivity index (χ3n) is 3.90. The molecule has 1 heterocycles. The van der Waals surface area contributed by atoms with Gasteiger partial charge in [0.15, 0.2) is 6.61 Å². The number of carbonyl (C=O) groups is 1. The molecule has 0 atom stereocenters. The van der Waals surface area contributed by atoms with Gasteiger partial charge in [0.2, 0.25) is 0 Å². The molecule has 1 aromatic rings. The van der Waals surface area contributed by atoms with Crippen molar-refractivity contribution in [3.05, 3.63) is 23.8 Å². The topological polar surface area (TPSA) is 55.6 Å². The van der Waals surface area contributed by atoms with Crippen LogP contribution in [0.25, 0.3) is 0 Å². The predicted molar refractivity (Wildman–Crippen MR) is 65.3 cm³/mol. The van der Waals surface area contributed by atoms with Crippen LogP contribution in [0.3, 0.4) is 0 Å². The van der Waals surface area contributed by atoms with E-state index in [2.05, 4.69) is 6.07 Å². The van der Waals surface area contributed by atoms with Gasteiger partial charge in [-0.1, -0.05) is 6.07 Å². The van der Waals surface area contributed by atoms with E-state index in [0.29, 0.717) is 6.54 Å². The van der Waals surface area contributed by atoms with E-state index in [-0.39, 0.29) is 17.9 Å². The van der Waals surface area contributed by atoms with Crippen molar-refractivity contribution >= 4 is 11.6 Å². The van der Waals surface area contributed by atoms with Gasteiger partial charge in [0.1, 0.15) is 5.75 Å². The zero-order valence-corrected chi connectivity index (χ0v) is 9.90. The second-order valence-corrected chi connectivity index (χ2v) is 4.91. The molecule has 17 heavy (non-hydrogen) atoms. The summed E-state index contributed by atoms with van der Waals surface area (Å²) < 4.78 is 5.41. The Bertz CT molecular complexity index is 480. The van der Waals surface area contributed by atoms with Crippen LogP contribution < -0.4 is 15.4 Å². The van der Waals surface area contributed by atoms with Crippen molar-refractivity contribution < 1.29 is 9.53 Å². The van der Waals surface area contributed by atoms with Gasteiger partial charge in [-0.05, 0) is 30.5 Å². The van der Waals surface area contributed by atoms with Crippen LogP contribution in [0.2, 0.25) is 0 Å². The number of nitrogens with two attached hydrogens (primary N) is 1. The number of hydrogen-bond donors (Lipinski definition) is 1. The van der Waals surface area contributed by atoms with Crippen LogP contribution in [0.5, 0.6) is 5.75 Å². The van der Waals surface area contributed by atoms with E-state index in [4.69, 9.17) is 10.5 Å². The third-order valence-corrected chi connectivity index (χ3v) is 3.90. The van der Waals surface area contributed by atoms with Gasteiger partial charge >= 0.3 is 0 Å². The molecule has 1 fully saturated rings. The second-order valence-electron chi connectivity index (χ2n) is 4.91. The van der Waals surface area contributed by atoms with Crippen LogP contribution in [-0.4, -0.2) is 26.1 Å². The van der Waals surface area contributed by atoms with Gasteiger partial charge in [-0.15, -0.1) is 0 Å². The summed E-state index contributed by atoms with van der Waals surface area (Å²) in [6, 6.07) is 6.07. The number of benzene rings is 1. The van der Waals surface area contributed by atoms with E-state index in [0.717, 1.165) is 24.3 Å². The fourth-order valence-corrected chi connectivity index (χ4v) is 2.36. The highest BCUT2D eigenvalue weighted by Crippen LogP contribution is 2.49. The lowest BCUT2D eigenvalue weighted by Crippen LogP contribution is -2.35. The Balaban J connectivity index is 2.03. The number of carbonyl (C=O) groups excluding carboxylic acids is 1. The smallest absolute Gasteiger partial charge is 0.264 e. The molecule has 4 heteroatoms. The van der Waals surface area contributed by atoms with Crippen LogP contribution in [0.1, 0.15) is 18.4 Å². The first-order chi connectivity index (χ1) is 8.16. The predicted octanol–water partition coefficient (Wildman–Crippen LogP) is 1.03. The fourth-order valence-electron chi connectivity index (χ4n) is 2.36. The molecule has 2 N–H and O–H groups in total. The Kier molecular flexibility index (Phi) is 2.16. The summed E-state index contributed by atoms with van der Waals surface area (Å²) in [5.74, 6) is 0.774. The molecule has 2 aliphatic rings. The second kappa shape index (κ2) is 3.47. The average Bonchev–Trinajstić information content (AvgIpc) is 3.15. The highest BCUT2D eigenvalue weighted by molar-refractivity contribution is 5.97. The minimum Gasteiger partial charge on any atom is -0.482 e. The van der Waals surface area contributed by atoms with Crippen LogP contribution in [-0.2, 0) is 10.2 Å².